The Morgan fingerprint density at radius 3 is 2.08 bits per heavy atom. The highest BCUT2D eigenvalue weighted by molar-refractivity contribution is 5.25. The first kappa shape index (κ1) is 19.6. The van der Waals surface area contributed by atoms with E-state index in [2.05, 4.69) is 6.58 Å². The second kappa shape index (κ2) is 9.15. The van der Waals surface area contributed by atoms with Crippen LogP contribution in [0.2, 0.25) is 0 Å². The van der Waals surface area contributed by atoms with Crippen LogP contribution in [0, 0.1) is 36.3 Å². The Labute approximate surface area is 158 Å². The van der Waals surface area contributed by atoms with Gasteiger partial charge in [0.05, 0.1) is 0 Å². The molecule has 3 rings (SSSR count). The van der Waals surface area contributed by atoms with Crippen molar-refractivity contribution >= 4 is 0 Å². The summed E-state index contributed by atoms with van der Waals surface area (Å²) >= 11 is 0. The van der Waals surface area contributed by atoms with Gasteiger partial charge in [0.1, 0.15) is 11.6 Å². The van der Waals surface area contributed by atoms with E-state index in [0.717, 1.165) is 36.2 Å². The van der Waals surface area contributed by atoms with Gasteiger partial charge in [-0.05, 0) is 93.7 Å². The lowest BCUT2D eigenvalue weighted by Gasteiger charge is -2.36. The molecule has 2 aliphatic carbocycles. The SMILES string of the molecule is C=C1CCC(C2CCC(CCCCc3cc(F)c(C)c(F)c3)CC2)CC1. The number of hydrogen-bond donors (Lipinski definition) is 0. The van der Waals surface area contributed by atoms with Crippen LogP contribution in [-0.2, 0) is 6.42 Å². The zero-order valence-electron chi connectivity index (χ0n) is 16.3. The van der Waals surface area contributed by atoms with Crippen molar-refractivity contribution in [3.05, 3.63) is 47.0 Å². The topological polar surface area (TPSA) is 0 Å². The summed E-state index contributed by atoms with van der Waals surface area (Å²) in [5, 5.41) is 0. The van der Waals surface area contributed by atoms with Gasteiger partial charge in [0.2, 0.25) is 0 Å². The van der Waals surface area contributed by atoms with Gasteiger partial charge in [-0.25, -0.2) is 8.78 Å². The van der Waals surface area contributed by atoms with Crippen LogP contribution in [-0.4, -0.2) is 0 Å². The highest BCUT2D eigenvalue weighted by atomic mass is 19.1. The molecule has 0 N–H and O–H groups in total. The first-order valence-electron chi connectivity index (χ1n) is 10.6. The second-order valence-electron chi connectivity index (χ2n) is 8.80. The number of aryl methyl sites for hydroxylation is 1. The molecular weight excluding hydrogens is 326 g/mol. The smallest absolute Gasteiger partial charge is 0.129 e. The molecule has 0 aliphatic heterocycles. The summed E-state index contributed by atoms with van der Waals surface area (Å²) in [5.41, 5.74) is 2.39. The number of halogens is 2. The molecule has 0 nitrogen and oxygen atoms in total. The molecule has 26 heavy (non-hydrogen) atoms. The Bertz CT molecular complexity index is 578. The summed E-state index contributed by atoms with van der Waals surface area (Å²) in [7, 11) is 0. The third-order valence-electron chi connectivity index (χ3n) is 6.96. The highest BCUT2D eigenvalue weighted by Gasteiger charge is 2.28. The van der Waals surface area contributed by atoms with E-state index in [4.69, 9.17) is 0 Å². The molecule has 2 saturated carbocycles. The predicted molar refractivity (Wildman–Crippen MR) is 105 cm³/mol. The van der Waals surface area contributed by atoms with Gasteiger partial charge in [0, 0.05) is 5.56 Å². The van der Waals surface area contributed by atoms with E-state index >= 15 is 0 Å². The monoisotopic (exact) mass is 360 g/mol. The molecular formula is C24H34F2. The van der Waals surface area contributed by atoms with E-state index in [0.29, 0.717) is 0 Å². The maximum Gasteiger partial charge on any atom is 0.129 e. The Morgan fingerprint density at radius 1 is 0.885 bits per heavy atom. The summed E-state index contributed by atoms with van der Waals surface area (Å²) in [6.07, 6.45) is 15.1. The molecule has 0 radical (unpaired) electrons. The summed E-state index contributed by atoms with van der Waals surface area (Å²) in [6.45, 7) is 5.64. The van der Waals surface area contributed by atoms with Crippen molar-refractivity contribution in [3.8, 4) is 0 Å². The van der Waals surface area contributed by atoms with E-state index < -0.39 is 11.6 Å². The van der Waals surface area contributed by atoms with E-state index in [1.165, 1.54) is 88.8 Å². The Kier molecular flexibility index (Phi) is 6.89. The number of allylic oxidation sites excluding steroid dienone is 1. The van der Waals surface area contributed by atoms with Crippen molar-refractivity contribution in [3.63, 3.8) is 0 Å². The van der Waals surface area contributed by atoms with Crippen molar-refractivity contribution < 1.29 is 8.78 Å². The molecule has 2 fully saturated rings. The fourth-order valence-corrected chi connectivity index (χ4v) is 5.07. The Balaban J connectivity index is 1.33. The molecule has 0 amide bonds. The number of hydrogen-bond acceptors (Lipinski definition) is 0. The standard InChI is InChI=1S/C24H34F2/c1-17-7-11-21(12-8-17)22-13-9-19(10-14-22)5-3-4-6-20-15-23(25)18(2)24(26)16-20/h15-16,19,21-22H,1,3-14H2,2H3. The van der Waals surface area contributed by atoms with Crippen molar-refractivity contribution in [2.24, 2.45) is 17.8 Å². The fourth-order valence-electron chi connectivity index (χ4n) is 5.07. The van der Waals surface area contributed by atoms with Gasteiger partial charge in [-0.2, -0.15) is 0 Å². The number of unbranched alkanes of at least 4 members (excludes halogenated alkanes) is 1. The molecule has 1 aromatic rings. The Morgan fingerprint density at radius 2 is 1.46 bits per heavy atom. The highest BCUT2D eigenvalue weighted by Crippen LogP contribution is 2.41. The molecule has 0 spiro atoms. The molecule has 144 valence electrons. The molecule has 2 heteroatoms. The van der Waals surface area contributed by atoms with Crippen LogP contribution in [0.15, 0.2) is 24.3 Å². The lowest BCUT2D eigenvalue weighted by molar-refractivity contribution is 0.173. The summed E-state index contributed by atoms with van der Waals surface area (Å²) < 4.78 is 27.2. The lowest BCUT2D eigenvalue weighted by atomic mass is 9.70. The van der Waals surface area contributed by atoms with Crippen LogP contribution in [0.25, 0.3) is 0 Å². The first-order valence-corrected chi connectivity index (χ1v) is 10.6. The molecule has 1 aromatic carbocycles. The van der Waals surface area contributed by atoms with E-state index in [-0.39, 0.29) is 5.56 Å². The minimum Gasteiger partial charge on any atom is -0.207 e. The van der Waals surface area contributed by atoms with Gasteiger partial charge in [-0.1, -0.05) is 37.8 Å². The van der Waals surface area contributed by atoms with Crippen LogP contribution in [0.1, 0.15) is 81.8 Å². The van der Waals surface area contributed by atoms with E-state index in [1.54, 1.807) is 0 Å². The third kappa shape index (κ3) is 5.18. The van der Waals surface area contributed by atoms with Gasteiger partial charge in [0.15, 0.2) is 0 Å². The van der Waals surface area contributed by atoms with E-state index in [1.807, 2.05) is 0 Å². The van der Waals surface area contributed by atoms with Crippen LogP contribution in [0.4, 0.5) is 8.78 Å². The van der Waals surface area contributed by atoms with Crippen LogP contribution >= 0.6 is 0 Å². The molecule has 0 unspecified atom stereocenters. The first-order chi connectivity index (χ1) is 12.5. The largest absolute Gasteiger partial charge is 0.207 e. The van der Waals surface area contributed by atoms with Gasteiger partial charge in [-0.3, -0.25) is 0 Å². The zero-order valence-corrected chi connectivity index (χ0v) is 16.3. The van der Waals surface area contributed by atoms with E-state index in [9.17, 15) is 8.78 Å². The maximum absolute atomic E-state index is 13.6. The molecule has 0 atom stereocenters. The average molecular weight is 361 g/mol. The molecule has 0 saturated heterocycles. The molecule has 0 bridgehead atoms. The maximum atomic E-state index is 13.6. The quantitative estimate of drug-likeness (QED) is 0.363. The molecule has 0 heterocycles. The van der Waals surface area contributed by atoms with Crippen LogP contribution < -0.4 is 0 Å². The summed E-state index contributed by atoms with van der Waals surface area (Å²) in [6, 6.07) is 3.00. The average Bonchev–Trinajstić information content (AvgIpc) is 2.64. The fraction of sp³-hybridized carbons (Fsp3) is 0.667. The van der Waals surface area contributed by atoms with Crippen molar-refractivity contribution in [1.82, 2.24) is 0 Å². The number of benzene rings is 1. The predicted octanol–water partition coefficient (Wildman–Crippen LogP) is 7.54. The van der Waals surface area contributed by atoms with Crippen LogP contribution in [0.5, 0.6) is 0 Å². The molecule has 0 aromatic heterocycles. The Hall–Kier alpha value is -1.18. The minimum absolute atomic E-state index is 0.132. The lowest BCUT2D eigenvalue weighted by Crippen LogP contribution is -2.24. The summed E-state index contributed by atoms with van der Waals surface area (Å²) in [5.74, 6) is 1.95. The van der Waals surface area contributed by atoms with Gasteiger partial charge < -0.3 is 0 Å². The van der Waals surface area contributed by atoms with Crippen molar-refractivity contribution in [2.45, 2.75) is 84.0 Å². The number of rotatable bonds is 6. The van der Waals surface area contributed by atoms with Gasteiger partial charge >= 0.3 is 0 Å². The second-order valence-corrected chi connectivity index (χ2v) is 8.80. The third-order valence-corrected chi connectivity index (χ3v) is 6.96. The van der Waals surface area contributed by atoms with Crippen LogP contribution in [0.3, 0.4) is 0 Å². The normalized spacial score (nSPS) is 24.8. The van der Waals surface area contributed by atoms with Crippen molar-refractivity contribution in [2.75, 3.05) is 0 Å². The van der Waals surface area contributed by atoms with Gasteiger partial charge in [0.25, 0.3) is 0 Å². The minimum atomic E-state index is -0.412. The zero-order chi connectivity index (χ0) is 18.5. The molecule has 2 aliphatic rings. The van der Waals surface area contributed by atoms with Gasteiger partial charge in [-0.15, -0.1) is 0 Å². The van der Waals surface area contributed by atoms with Crippen molar-refractivity contribution in [1.29, 1.82) is 0 Å². The summed E-state index contributed by atoms with van der Waals surface area (Å²) in [4.78, 5) is 0.